The number of carbonyl (C=O) groups is 1. The predicted molar refractivity (Wildman–Crippen MR) is 88.8 cm³/mol. The van der Waals surface area contributed by atoms with E-state index in [0.29, 0.717) is 22.6 Å². The van der Waals surface area contributed by atoms with Gasteiger partial charge in [0, 0.05) is 35.3 Å². The molecule has 1 aromatic heterocycles. The van der Waals surface area contributed by atoms with Crippen molar-refractivity contribution in [1.29, 1.82) is 0 Å². The van der Waals surface area contributed by atoms with Gasteiger partial charge < -0.3 is 10.6 Å². The van der Waals surface area contributed by atoms with Crippen LogP contribution in [-0.4, -0.2) is 47.9 Å². The van der Waals surface area contributed by atoms with Crippen molar-refractivity contribution in [1.82, 2.24) is 9.80 Å². The number of fused-ring (bicyclic) bond motifs is 1. The number of hydrogen-bond acceptors (Lipinski definition) is 4. The fourth-order valence-electron chi connectivity index (χ4n) is 2.94. The summed E-state index contributed by atoms with van der Waals surface area (Å²) in [6.45, 7) is 5.83. The van der Waals surface area contributed by atoms with E-state index >= 15 is 0 Å². The maximum Gasteiger partial charge on any atom is 0.266 e. The number of rotatable bonds is 1. The van der Waals surface area contributed by atoms with Gasteiger partial charge in [0.2, 0.25) is 0 Å². The molecule has 21 heavy (non-hydrogen) atoms. The minimum atomic E-state index is 0.0699. The van der Waals surface area contributed by atoms with Crippen molar-refractivity contribution in [3.05, 3.63) is 29.1 Å². The molecule has 0 spiro atoms. The molecule has 2 unspecified atom stereocenters. The van der Waals surface area contributed by atoms with Gasteiger partial charge >= 0.3 is 0 Å². The molecular weight excluding hydrogens is 282 g/mol. The summed E-state index contributed by atoms with van der Waals surface area (Å²) in [6, 6.07) is 8.67. The van der Waals surface area contributed by atoms with E-state index in [9.17, 15) is 4.79 Å². The molecule has 5 heteroatoms. The number of anilines is 1. The fourth-order valence-corrected chi connectivity index (χ4v) is 4.03. The van der Waals surface area contributed by atoms with E-state index in [0.717, 1.165) is 23.2 Å². The van der Waals surface area contributed by atoms with E-state index in [2.05, 4.69) is 25.8 Å². The number of nitrogens with zero attached hydrogens (tertiary/aromatic N) is 2. The number of thiophene rings is 1. The molecule has 3 rings (SSSR count). The second-order valence-electron chi connectivity index (χ2n) is 5.91. The number of likely N-dealkylation sites (N-methyl/N-ethyl adjacent to an activating group) is 1. The lowest BCUT2D eigenvalue weighted by atomic mass is 10.1. The summed E-state index contributed by atoms with van der Waals surface area (Å²) in [5.41, 5.74) is 6.82. The normalized spacial score (nSPS) is 23.7. The zero-order valence-electron chi connectivity index (χ0n) is 12.7. The second kappa shape index (κ2) is 5.31. The van der Waals surface area contributed by atoms with Crippen LogP contribution in [0.1, 0.15) is 23.5 Å². The van der Waals surface area contributed by atoms with Gasteiger partial charge in [0.1, 0.15) is 4.88 Å². The summed E-state index contributed by atoms with van der Waals surface area (Å²) in [5.74, 6) is 0.0699. The zero-order valence-corrected chi connectivity index (χ0v) is 13.5. The monoisotopic (exact) mass is 303 g/mol. The quantitative estimate of drug-likeness (QED) is 0.881. The van der Waals surface area contributed by atoms with Crippen LogP contribution in [0.25, 0.3) is 10.1 Å². The highest BCUT2D eigenvalue weighted by Crippen LogP contribution is 2.34. The molecule has 1 amide bonds. The van der Waals surface area contributed by atoms with Crippen LogP contribution in [0.4, 0.5) is 5.69 Å². The molecular formula is C16H21N3OS. The summed E-state index contributed by atoms with van der Waals surface area (Å²) < 4.78 is 1.08. The van der Waals surface area contributed by atoms with Crippen LogP contribution in [0.2, 0.25) is 0 Å². The Labute approximate surface area is 129 Å². The number of nitrogens with two attached hydrogens (primary N) is 1. The number of carbonyl (C=O) groups excluding carboxylic acids is 1. The van der Waals surface area contributed by atoms with Crippen molar-refractivity contribution in [3.63, 3.8) is 0 Å². The van der Waals surface area contributed by atoms with Crippen molar-refractivity contribution in [2.45, 2.75) is 25.9 Å². The average molecular weight is 303 g/mol. The van der Waals surface area contributed by atoms with Gasteiger partial charge in [-0.3, -0.25) is 9.69 Å². The second-order valence-corrected chi connectivity index (χ2v) is 6.97. The molecule has 2 heterocycles. The van der Waals surface area contributed by atoms with Crippen molar-refractivity contribution >= 4 is 33.0 Å². The molecule has 0 aliphatic carbocycles. The van der Waals surface area contributed by atoms with E-state index in [4.69, 9.17) is 5.73 Å². The maximum atomic E-state index is 12.8. The third kappa shape index (κ3) is 2.40. The lowest BCUT2D eigenvalue weighted by molar-refractivity contribution is 0.0419. The van der Waals surface area contributed by atoms with Crippen molar-refractivity contribution in [3.8, 4) is 0 Å². The summed E-state index contributed by atoms with van der Waals surface area (Å²) in [5, 5.41) is 0.987. The van der Waals surface area contributed by atoms with E-state index < -0.39 is 0 Å². The Kier molecular flexibility index (Phi) is 3.63. The molecule has 2 atom stereocenters. The highest BCUT2D eigenvalue weighted by atomic mass is 32.1. The molecule has 2 N–H and O–H groups in total. The highest BCUT2D eigenvalue weighted by molar-refractivity contribution is 7.21. The first kappa shape index (κ1) is 14.4. The Morgan fingerprint density at radius 3 is 2.48 bits per heavy atom. The zero-order chi connectivity index (χ0) is 15.1. The number of hydrogen-bond donors (Lipinski definition) is 1. The lowest BCUT2D eigenvalue weighted by Gasteiger charge is -2.42. The van der Waals surface area contributed by atoms with Crippen LogP contribution in [0, 0.1) is 0 Å². The maximum absolute atomic E-state index is 12.8. The SMILES string of the molecule is CC1CN(C(=O)c2sc3ccccc3c2N)CC(C)N1C. The smallest absolute Gasteiger partial charge is 0.266 e. The number of piperazine rings is 1. The Hall–Kier alpha value is -1.59. The topological polar surface area (TPSA) is 49.6 Å². The third-order valence-corrected chi connectivity index (χ3v) is 5.65. The molecule has 1 aliphatic rings. The van der Waals surface area contributed by atoms with Crippen molar-refractivity contribution in [2.75, 3.05) is 25.9 Å². The molecule has 0 saturated carbocycles. The number of amides is 1. The predicted octanol–water partition coefficient (Wildman–Crippen LogP) is 2.65. The molecule has 1 aliphatic heterocycles. The Morgan fingerprint density at radius 1 is 1.24 bits per heavy atom. The standard InChI is InChI=1S/C16H21N3OS/c1-10-8-19(9-11(2)18(10)3)16(20)15-14(17)12-6-4-5-7-13(12)21-15/h4-7,10-11H,8-9,17H2,1-3H3. The first-order valence-corrected chi connectivity index (χ1v) is 8.09. The van der Waals surface area contributed by atoms with E-state index in [1.165, 1.54) is 11.3 Å². The van der Waals surface area contributed by atoms with Gasteiger partial charge in [0.25, 0.3) is 5.91 Å². The van der Waals surface area contributed by atoms with E-state index in [1.807, 2.05) is 29.2 Å². The molecule has 4 nitrogen and oxygen atoms in total. The average Bonchev–Trinajstić information content (AvgIpc) is 2.81. The number of benzene rings is 1. The van der Waals surface area contributed by atoms with Gasteiger partial charge in [0.15, 0.2) is 0 Å². The fraction of sp³-hybridized carbons (Fsp3) is 0.438. The van der Waals surface area contributed by atoms with Crippen LogP contribution in [0.15, 0.2) is 24.3 Å². The van der Waals surface area contributed by atoms with Gasteiger partial charge in [-0.25, -0.2) is 0 Å². The largest absolute Gasteiger partial charge is 0.397 e. The summed E-state index contributed by atoms with van der Waals surface area (Å²) in [4.78, 5) is 17.8. The highest BCUT2D eigenvalue weighted by Gasteiger charge is 2.31. The van der Waals surface area contributed by atoms with Gasteiger partial charge in [0.05, 0.1) is 5.69 Å². The molecule has 112 valence electrons. The Balaban J connectivity index is 1.92. The third-order valence-electron chi connectivity index (χ3n) is 4.48. The van der Waals surface area contributed by atoms with Crippen LogP contribution < -0.4 is 5.73 Å². The summed E-state index contributed by atoms with van der Waals surface area (Å²) in [6.07, 6.45) is 0. The van der Waals surface area contributed by atoms with Crippen LogP contribution in [0.5, 0.6) is 0 Å². The minimum Gasteiger partial charge on any atom is -0.397 e. The van der Waals surface area contributed by atoms with E-state index in [1.54, 1.807) is 0 Å². The molecule has 1 aromatic carbocycles. The molecule has 1 saturated heterocycles. The molecule has 1 fully saturated rings. The van der Waals surface area contributed by atoms with E-state index in [-0.39, 0.29) is 5.91 Å². The Bertz CT molecular complexity index is 669. The molecule has 0 bridgehead atoms. The van der Waals surface area contributed by atoms with Gasteiger partial charge in [-0.1, -0.05) is 18.2 Å². The van der Waals surface area contributed by atoms with Crippen LogP contribution in [0.3, 0.4) is 0 Å². The van der Waals surface area contributed by atoms with Crippen LogP contribution in [-0.2, 0) is 0 Å². The minimum absolute atomic E-state index is 0.0699. The van der Waals surface area contributed by atoms with Gasteiger partial charge in [-0.15, -0.1) is 11.3 Å². The van der Waals surface area contributed by atoms with Gasteiger partial charge in [-0.2, -0.15) is 0 Å². The van der Waals surface area contributed by atoms with Crippen molar-refractivity contribution in [2.24, 2.45) is 0 Å². The first-order valence-electron chi connectivity index (χ1n) is 7.27. The van der Waals surface area contributed by atoms with Crippen molar-refractivity contribution < 1.29 is 4.79 Å². The first-order chi connectivity index (χ1) is 9.99. The Morgan fingerprint density at radius 2 is 1.86 bits per heavy atom. The summed E-state index contributed by atoms with van der Waals surface area (Å²) in [7, 11) is 2.12. The summed E-state index contributed by atoms with van der Waals surface area (Å²) >= 11 is 1.50. The molecule has 0 radical (unpaired) electrons. The van der Waals surface area contributed by atoms with Gasteiger partial charge in [-0.05, 0) is 27.0 Å². The van der Waals surface area contributed by atoms with Crippen LogP contribution >= 0.6 is 11.3 Å². The number of nitrogen functional groups attached to an aromatic ring is 1. The molecule has 2 aromatic rings. The lowest BCUT2D eigenvalue weighted by Crippen LogP contribution is -2.56.